The molecule has 19 heavy (non-hydrogen) atoms. The van der Waals surface area contributed by atoms with Crippen LogP contribution >= 0.6 is 0 Å². The van der Waals surface area contributed by atoms with Crippen LogP contribution in [0, 0.1) is 6.92 Å². The largest absolute Gasteiger partial charge is 0.330 e. The molecule has 2 N–H and O–H groups in total. The van der Waals surface area contributed by atoms with E-state index < -0.39 is 0 Å². The zero-order valence-corrected chi connectivity index (χ0v) is 11.5. The van der Waals surface area contributed by atoms with Crippen molar-refractivity contribution in [2.75, 3.05) is 0 Å². The van der Waals surface area contributed by atoms with Gasteiger partial charge in [-0.25, -0.2) is 4.98 Å². The third-order valence-electron chi connectivity index (χ3n) is 4.24. The van der Waals surface area contributed by atoms with E-state index in [1.165, 1.54) is 30.4 Å². The highest BCUT2D eigenvalue weighted by Crippen LogP contribution is 2.33. The molecule has 0 aliphatic heterocycles. The van der Waals surface area contributed by atoms with Gasteiger partial charge in [-0.15, -0.1) is 0 Å². The van der Waals surface area contributed by atoms with Gasteiger partial charge < -0.3 is 10.3 Å². The molecule has 0 spiro atoms. The van der Waals surface area contributed by atoms with Crippen LogP contribution in [0.2, 0.25) is 0 Å². The Labute approximate surface area is 114 Å². The van der Waals surface area contributed by atoms with Crippen LogP contribution in [0.4, 0.5) is 0 Å². The second-order valence-electron chi connectivity index (χ2n) is 5.40. The predicted molar refractivity (Wildman–Crippen MR) is 77.0 cm³/mol. The smallest absolute Gasteiger partial charge is 0.105 e. The van der Waals surface area contributed by atoms with Crippen LogP contribution in [-0.2, 0) is 19.5 Å². The first kappa shape index (κ1) is 12.4. The molecule has 100 valence electrons. The number of imidazole rings is 1. The minimum absolute atomic E-state index is 0.565. The van der Waals surface area contributed by atoms with Crippen molar-refractivity contribution in [1.29, 1.82) is 0 Å². The maximum absolute atomic E-state index is 5.80. The van der Waals surface area contributed by atoms with Crippen molar-refractivity contribution in [1.82, 2.24) is 9.55 Å². The van der Waals surface area contributed by atoms with Crippen molar-refractivity contribution in [3.05, 3.63) is 53.1 Å². The highest BCUT2D eigenvalue weighted by Gasteiger charge is 2.21. The molecule has 1 aliphatic carbocycles. The third kappa shape index (κ3) is 2.30. The van der Waals surface area contributed by atoms with Gasteiger partial charge in [0.2, 0.25) is 0 Å². The zero-order valence-electron chi connectivity index (χ0n) is 11.5. The number of benzene rings is 1. The van der Waals surface area contributed by atoms with Crippen molar-refractivity contribution in [2.45, 2.75) is 45.2 Å². The number of aryl methyl sites for hydroxylation is 2. The molecule has 1 atom stereocenters. The number of rotatable bonds is 3. The third-order valence-corrected chi connectivity index (χ3v) is 4.24. The Morgan fingerprint density at radius 2 is 2.21 bits per heavy atom. The van der Waals surface area contributed by atoms with Crippen molar-refractivity contribution in [2.24, 2.45) is 5.73 Å². The second kappa shape index (κ2) is 5.17. The number of nitrogens with two attached hydrogens (primary N) is 1. The molecule has 0 fully saturated rings. The van der Waals surface area contributed by atoms with E-state index in [1.807, 2.05) is 6.20 Å². The van der Waals surface area contributed by atoms with Gasteiger partial charge in [0.15, 0.2) is 0 Å². The second-order valence-corrected chi connectivity index (χ2v) is 5.40. The molecule has 0 radical (unpaired) electrons. The lowest BCUT2D eigenvalue weighted by Gasteiger charge is -2.26. The quantitative estimate of drug-likeness (QED) is 0.916. The highest BCUT2D eigenvalue weighted by atomic mass is 15.1. The summed E-state index contributed by atoms with van der Waals surface area (Å²) in [7, 11) is 0. The fourth-order valence-corrected chi connectivity index (χ4v) is 3.19. The molecule has 1 aromatic carbocycles. The average Bonchev–Trinajstić information content (AvgIpc) is 2.80. The van der Waals surface area contributed by atoms with E-state index in [2.05, 4.69) is 40.7 Å². The van der Waals surface area contributed by atoms with Crippen LogP contribution < -0.4 is 5.73 Å². The van der Waals surface area contributed by atoms with Crippen LogP contribution in [0.3, 0.4) is 0 Å². The molecule has 1 unspecified atom stereocenters. The summed E-state index contributed by atoms with van der Waals surface area (Å²) in [5, 5.41) is 0. The monoisotopic (exact) mass is 255 g/mol. The standard InChI is InChI=1S/C16H21N3/c1-12-18-10-15(9-17)19(12)11-14-7-4-6-13-5-2-3-8-16(13)14/h2-3,5,8,10,14H,4,6-7,9,11,17H2,1H3. The maximum atomic E-state index is 5.80. The molecular formula is C16H21N3. The number of hydrogen-bond acceptors (Lipinski definition) is 2. The Balaban J connectivity index is 1.90. The van der Waals surface area contributed by atoms with Crippen LogP contribution in [-0.4, -0.2) is 9.55 Å². The minimum Gasteiger partial charge on any atom is -0.330 e. The minimum atomic E-state index is 0.565. The molecule has 1 heterocycles. The number of aromatic nitrogens is 2. The summed E-state index contributed by atoms with van der Waals surface area (Å²) in [4.78, 5) is 4.39. The lowest BCUT2D eigenvalue weighted by atomic mass is 9.83. The number of hydrogen-bond donors (Lipinski definition) is 1. The van der Waals surface area contributed by atoms with E-state index in [1.54, 1.807) is 0 Å². The van der Waals surface area contributed by atoms with Gasteiger partial charge in [0.1, 0.15) is 5.82 Å². The summed E-state index contributed by atoms with van der Waals surface area (Å²) in [6, 6.07) is 8.86. The van der Waals surface area contributed by atoms with Crippen LogP contribution in [0.25, 0.3) is 0 Å². The SMILES string of the molecule is Cc1ncc(CN)n1CC1CCCc2ccccc21. The zero-order chi connectivity index (χ0) is 13.2. The van der Waals surface area contributed by atoms with E-state index >= 15 is 0 Å². The fourth-order valence-electron chi connectivity index (χ4n) is 3.19. The lowest BCUT2D eigenvalue weighted by Crippen LogP contribution is -2.18. The normalized spacial score (nSPS) is 18.3. The Morgan fingerprint density at radius 1 is 1.37 bits per heavy atom. The van der Waals surface area contributed by atoms with Crippen molar-refractivity contribution in [3.63, 3.8) is 0 Å². The van der Waals surface area contributed by atoms with Gasteiger partial charge in [-0.3, -0.25) is 0 Å². The van der Waals surface area contributed by atoms with Crippen molar-refractivity contribution < 1.29 is 0 Å². The summed E-state index contributed by atoms with van der Waals surface area (Å²) in [5.41, 5.74) is 9.98. The number of nitrogens with zero attached hydrogens (tertiary/aromatic N) is 2. The first-order valence-electron chi connectivity index (χ1n) is 7.08. The first-order valence-corrected chi connectivity index (χ1v) is 7.08. The van der Waals surface area contributed by atoms with Crippen LogP contribution in [0.5, 0.6) is 0 Å². The molecule has 3 nitrogen and oxygen atoms in total. The predicted octanol–water partition coefficient (Wildman–Crippen LogP) is 2.77. The van der Waals surface area contributed by atoms with Gasteiger partial charge in [0.05, 0.1) is 5.69 Å². The summed E-state index contributed by atoms with van der Waals surface area (Å²) in [6.45, 7) is 3.64. The van der Waals surface area contributed by atoms with Crippen LogP contribution in [0.15, 0.2) is 30.5 Å². The maximum Gasteiger partial charge on any atom is 0.105 e. The van der Waals surface area contributed by atoms with Gasteiger partial charge >= 0.3 is 0 Å². The number of fused-ring (bicyclic) bond motifs is 1. The van der Waals surface area contributed by atoms with E-state index in [-0.39, 0.29) is 0 Å². The highest BCUT2D eigenvalue weighted by molar-refractivity contribution is 5.32. The molecular weight excluding hydrogens is 234 g/mol. The first-order chi connectivity index (χ1) is 9.29. The van der Waals surface area contributed by atoms with E-state index in [9.17, 15) is 0 Å². The average molecular weight is 255 g/mol. The fraction of sp³-hybridized carbons (Fsp3) is 0.438. The molecule has 3 heteroatoms. The molecule has 1 aromatic heterocycles. The molecule has 3 rings (SSSR count). The van der Waals surface area contributed by atoms with Crippen molar-refractivity contribution in [3.8, 4) is 0 Å². The van der Waals surface area contributed by atoms with Gasteiger partial charge in [-0.05, 0) is 37.3 Å². The Hall–Kier alpha value is -1.61. The van der Waals surface area contributed by atoms with Gasteiger partial charge in [0.25, 0.3) is 0 Å². The Bertz CT molecular complexity index is 571. The van der Waals surface area contributed by atoms with Crippen molar-refractivity contribution >= 4 is 0 Å². The van der Waals surface area contributed by atoms with Gasteiger partial charge in [0, 0.05) is 25.2 Å². The molecule has 0 bridgehead atoms. The molecule has 0 amide bonds. The Morgan fingerprint density at radius 3 is 3.05 bits per heavy atom. The van der Waals surface area contributed by atoms with Gasteiger partial charge in [-0.2, -0.15) is 0 Å². The topological polar surface area (TPSA) is 43.8 Å². The summed E-state index contributed by atoms with van der Waals surface area (Å²) < 4.78 is 2.28. The summed E-state index contributed by atoms with van der Waals surface area (Å²) in [5.74, 6) is 1.67. The molecule has 1 aliphatic rings. The summed E-state index contributed by atoms with van der Waals surface area (Å²) in [6.07, 6.45) is 5.68. The van der Waals surface area contributed by atoms with Crippen LogP contribution in [0.1, 0.15) is 41.4 Å². The Kier molecular flexibility index (Phi) is 3.38. The lowest BCUT2D eigenvalue weighted by molar-refractivity contribution is 0.469. The van der Waals surface area contributed by atoms with E-state index in [0.717, 1.165) is 18.1 Å². The molecule has 0 saturated carbocycles. The van der Waals surface area contributed by atoms with E-state index in [0.29, 0.717) is 12.5 Å². The summed E-state index contributed by atoms with van der Waals surface area (Å²) >= 11 is 0. The van der Waals surface area contributed by atoms with Gasteiger partial charge in [-0.1, -0.05) is 24.3 Å². The van der Waals surface area contributed by atoms with E-state index in [4.69, 9.17) is 5.73 Å². The molecule has 2 aromatic rings. The molecule has 0 saturated heterocycles.